The van der Waals surface area contributed by atoms with Crippen LogP contribution in [-0.2, 0) is 14.2 Å². The van der Waals surface area contributed by atoms with E-state index in [1.54, 1.807) is 7.11 Å². The van der Waals surface area contributed by atoms with Crippen LogP contribution >= 0.6 is 0 Å². The first-order chi connectivity index (χ1) is 7.38. The number of terminal acetylenes is 1. The van der Waals surface area contributed by atoms with Gasteiger partial charge in [-0.3, -0.25) is 0 Å². The molecule has 0 spiro atoms. The molecule has 86 valence electrons. The smallest absolute Gasteiger partial charge is 0.147 e. The highest BCUT2D eigenvalue weighted by Gasteiger charge is 2.23. The molecule has 0 aromatic rings. The summed E-state index contributed by atoms with van der Waals surface area (Å²) < 4.78 is 15.7. The first-order valence-corrected chi connectivity index (χ1v) is 5.53. The molecule has 2 atom stereocenters. The predicted molar refractivity (Wildman–Crippen MR) is 58.4 cm³/mol. The zero-order valence-corrected chi connectivity index (χ0v) is 9.41. The number of ether oxygens (including phenoxy) is 3. The van der Waals surface area contributed by atoms with Gasteiger partial charge in [0.1, 0.15) is 6.79 Å². The molecule has 0 aliphatic heterocycles. The number of hydrogen-bond donors (Lipinski definition) is 0. The van der Waals surface area contributed by atoms with E-state index in [4.69, 9.17) is 20.6 Å². The van der Waals surface area contributed by atoms with Crippen LogP contribution < -0.4 is 0 Å². The van der Waals surface area contributed by atoms with E-state index in [0.717, 1.165) is 12.8 Å². The largest absolute Gasteiger partial charge is 0.382 e. The molecule has 0 N–H and O–H groups in total. The summed E-state index contributed by atoms with van der Waals surface area (Å²) in [5, 5.41) is 0. The zero-order chi connectivity index (χ0) is 10.9. The Morgan fingerprint density at radius 2 is 2.07 bits per heavy atom. The summed E-state index contributed by atoms with van der Waals surface area (Å²) >= 11 is 0. The van der Waals surface area contributed by atoms with Gasteiger partial charge >= 0.3 is 0 Å². The monoisotopic (exact) mass is 212 g/mol. The quantitative estimate of drug-likeness (QED) is 0.382. The summed E-state index contributed by atoms with van der Waals surface area (Å²) in [5.41, 5.74) is 0. The third kappa shape index (κ3) is 4.65. The molecule has 0 radical (unpaired) electrons. The van der Waals surface area contributed by atoms with Crippen LogP contribution in [0.1, 0.15) is 25.7 Å². The maximum absolute atomic E-state index is 5.61. The van der Waals surface area contributed by atoms with E-state index in [1.807, 2.05) is 0 Å². The fourth-order valence-corrected chi connectivity index (χ4v) is 1.82. The fraction of sp³-hybridized carbons (Fsp3) is 0.833. The van der Waals surface area contributed by atoms with Crippen molar-refractivity contribution in [3.63, 3.8) is 0 Å². The highest BCUT2D eigenvalue weighted by molar-refractivity contribution is 4.98. The van der Waals surface area contributed by atoms with Crippen molar-refractivity contribution >= 4 is 0 Å². The second-order valence-electron chi connectivity index (χ2n) is 3.78. The highest BCUT2D eigenvalue weighted by atomic mass is 16.7. The molecule has 0 heterocycles. The van der Waals surface area contributed by atoms with Gasteiger partial charge in [0.15, 0.2) is 0 Å². The van der Waals surface area contributed by atoms with E-state index in [-0.39, 0.29) is 12.0 Å². The molecule has 3 nitrogen and oxygen atoms in total. The average molecular weight is 212 g/mol. The fourth-order valence-electron chi connectivity index (χ4n) is 1.82. The van der Waals surface area contributed by atoms with Crippen molar-refractivity contribution in [3.8, 4) is 12.3 Å². The molecule has 0 aromatic heterocycles. The lowest BCUT2D eigenvalue weighted by Crippen LogP contribution is -2.27. The molecular weight excluding hydrogens is 192 g/mol. The third-order valence-corrected chi connectivity index (χ3v) is 2.71. The minimum atomic E-state index is 0.186. The van der Waals surface area contributed by atoms with Crippen LogP contribution in [0.4, 0.5) is 0 Å². The Kier molecular flexibility index (Phi) is 6.42. The first kappa shape index (κ1) is 12.5. The van der Waals surface area contributed by atoms with E-state index >= 15 is 0 Å². The summed E-state index contributed by atoms with van der Waals surface area (Å²) in [7, 11) is 1.65. The van der Waals surface area contributed by atoms with Crippen molar-refractivity contribution in [1.82, 2.24) is 0 Å². The third-order valence-electron chi connectivity index (χ3n) is 2.71. The molecule has 0 amide bonds. The normalized spacial score (nSPS) is 26.1. The van der Waals surface area contributed by atoms with Crippen LogP contribution in [0.3, 0.4) is 0 Å². The molecule has 1 aliphatic carbocycles. The Morgan fingerprint density at radius 1 is 1.27 bits per heavy atom. The summed E-state index contributed by atoms with van der Waals surface area (Å²) in [6, 6.07) is 0. The lowest BCUT2D eigenvalue weighted by molar-refractivity contribution is -0.114. The van der Waals surface area contributed by atoms with Crippen molar-refractivity contribution in [2.24, 2.45) is 5.92 Å². The summed E-state index contributed by atoms with van der Waals surface area (Å²) in [6.45, 7) is 1.50. The Labute approximate surface area is 92.1 Å². The molecular formula is C12H20O3. The highest BCUT2D eigenvalue weighted by Crippen LogP contribution is 2.26. The van der Waals surface area contributed by atoms with E-state index in [0.29, 0.717) is 20.0 Å². The van der Waals surface area contributed by atoms with E-state index in [9.17, 15) is 0 Å². The number of methoxy groups -OCH3 is 1. The minimum Gasteiger partial charge on any atom is -0.382 e. The second-order valence-corrected chi connectivity index (χ2v) is 3.78. The van der Waals surface area contributed by atoms with Crippen molar-refractivity contribution in [2.45, 2.75) is 31.8 Å². The maximum Gasteiger partial charge on any atom is 0.147 e. The van der Waals surface area contributed by atoms with Gasteiger partial charge in [-0.05, 0) is 12.8 Å². The van der Waals surface area contributed by atoms with Crippen LogP contribution in [0.15, 0.2) is 0 Å². The van der Waals surface area contributed by atoms with Gasteiger partial charge in [0.25, 0.3) is 0 Å². The minimum absolute atomic E-state index is 0.186. The Morgan fingerprint density at radius 3 is 2.80 bits per heavy atom. The molecule has 1 saturated carbocycles. The standard InChI is InChI=1S/C12H20O3/c1-3-11-6-4-5-7-12(11)15-10-14-9-8-13-2/h1,11-12H,4-10H2,2H3/t11-,12-/m0/s1. The number of rotatable bonds is 6. The van der Waals surface area contributed by atoms with Crippen LogP contribution in [0.5, 0.6) is 0 Å². The molecule has 0 saturated heterocycles. The molecule has 0 bridgehead atoms. The van der Waals surface area contributed by atoms with Crippen LogP contribution in [0.2, 0.25) is 0 Å². The molecule has 1 aliphatic rings. The van der Waals surface area contributed by atoms with Crippen molar-refractivity contribution in [3.05, 3.63) is 0 Å². The topological polar surface area (TPSA) is 27.7 Å². The molecule has 3 heteroatoms. The molecule has 15 heavy (non-hydrogen) atoms. The van der Waals surface area contributed by atoms with E-state index < -0.39 is 0 Å². The second kappa shape index (κ2) is 7.70. The maximum atomic E-state index is 5.61. The van der Waals surface area contributed by atoms with Crippen LogP contribution in [-0.4, -0.2) is 33.2 Å². The summed E-state index contributed by atoms with van der Waals surface area (Å²) in [6.07, 6.45) is 10.2. The summed E-state index contributed by atoms with van der Waals surface area (Å²) in [5.74, 6) is 3.07. The zero-order valence-electron chi connectivity index (χ0n) is 9.41. The van der Waals surface area contributed by atoms with E-state index in [1.165, 1.54) is 12.8 Å². The van der Waals surface area contributed by atoms with Gasteiger partial charge in [-0.2, -0.15) is 0 Å². The van der Waals surface area contributed by atoms with Gasteiger partial charge in [-0.15, -0.1) is 12.3 Å². The van der Waals surface area contributed by atoms with Gasteiger partial charge in [0.2, 0.25) is 0 Å². The Bertz CT molecular complexity index is 198. The van der Waals surface area contributed by atoms with Crippen molar-refractivity contribution in [2.75, 3.05) is 27.1 Å². The van der Waals surface area contributed by atoms with Crippen LogP contribution in [0, 0.1) is 18.3 Å². The SMILES string of the molecule is C#C[C@H]1CCCC[C@@H]1OCOCCOC. The molecule has 1 rings (SSSR count). The Balaban J connectivity index is 2.10. The first-order valence-electron chi connectivity index (χ1n) is 5.53. The molecule has 0 unspecified atom stereocenters. The number of hydrogen-bond acceptors (Lipinski definition) is 3. The van der Waals surface area contributed by atoms with Crippen LogP contribution in [0.25, 0.3) is 0 Å². The lowest BCUT2D eigenvalue weighted by Gasteiger charge is -2.27. The molecule has 1 fully saturated rings. The Hall–Kier alpha value is -0.560. The van der Waals surface area contributed by atoms with Gasteiger partial charge < -0.3 is 14.2 Å². The van der Waals surface area contributed by atoms with Gasteiger partial charge in [0, 0.05) is 13.0 Å². The van der Waals surface area contributed by atoms with Gasteiger partial charge in [-0.1, -0.05) is 12.8 Å². The molecule has 0 aromatic carbocycles. The van der Waals surface area contributed by atoms with Gasteiger partial charge in [0.05, 0.1) is 19.3 Å². The predicted octanol–water partition coefficient (Wildman–Crippen LogP) is 1.82. The summed E-state index contributed by atoms with van der Waals surface area (Å²) in [4.78, 5) is 0. The van der Waals surface area contributed by atoms with Crippen molar-refractivity contribution < 1.29 is 14.2 Å². The average Bonchev–Trinajstić information content (AvgIpc) is 2.29. The van der Waals surface area contributed by atoms with Crippen molar-refractivity contribution in [1.29, 1.82) is 0 Å². The lowest BCUT2D eigenvalue weighted by atomic mass is 9.87. The van der Waals surface area contributed by atoms with E-state index in [2.05, 4.69) is 5.92 Å². The van der Waals surface area contributed by atoms with Gasteiger partial charge in [-0.25, -0.2) is 0 Å².